The van der Waals surface area contributed by atoms with Crippen LogP contribution in [0.5, 0.6) is 0 Å². The number of ether oxygens (including phenoxy) is 2. The van der Waals surface area contributed by atoms with E-state index in [-0.39, 0.29) is 11.9 Å². The van der Waals surface area contributed by atoms with Crippen molar-refractivity contribution in [3.05, 3.63) is 0 Å². The Morgan fingerprint density at radius 1 is 1.75 bits per heavy atom. The largest absolute Gasteiger partial charge is 0.375 e. The maximum atomic E-state index is 11.3. The molecule has 1 saturated carbocycles. The van der Waals surface area contributed by atoms with E-state index in [0.29, 0.717) is 13.0 Å². The molecule has 0 bridgehead atoms. The number of rotatable bonds is 2. The van der Waals surface area contributed by atoms with Crippen LogP contribution in [-0.2, 0) is 14.3 Å². The second-order valence-electron chi connectivity index (χ2n) is 3.41. The van der Waals surface area contributed by atoms with Gasteiger partial charge in [0.1, 0.15) is 6.10 Å². The van der Waals surface area contributed by atoms with Crippen molar-refractivity contribution in [3.63, 3.8) is 0 Å². The van der Waals surface area contributed by atoms with Gasteiger partial charge in [-0.1, -0.05) is 0 Å². The van der Waals surface area contributed by atoms with E-state index in [2.05, 4.69) is 0 Å². The van der Waals surface area contributed by atoms with Crippen LogP contribution in [0.1, 0.15) is 26.2 Å². The van der Waals surface area contributed by atoms with Crippen molar-refractivity contribution in [2.24, 2.45) is 0 Å². The third kappa shape index (κ3) is 0.930. The Balaban J connectivity index is 2.05. The predicted octanol–water partition coefficient (Wildman–Crippen LogP) is 0.913. The first-order valence-corrected chi connectivity index (χ1v) is 4.58. The maximum Gasteiger partial charge on any atom is 0.170 e. The van der Waals surface area contributed by atoms with Gasteiger partial charge in [0.25, 0.3) is 0 Å². The van der Waals surface area contributed by atoms with Gasteiger partial charge in [-0.15, -0.1) is 0 Å². The molecule has 0 unspecified atom stereocenters. The second-order valence-corrected chi connectivity index (χ2v) is 3.41. The van der Waals surface area contributed by atoms with Crippen molar-refractivity contribution < 1.29 is 14.3 Å². The van der Waals surface area contributed by atoms with Crippen LogP contribution < -0.4 is 0 Å². The molecule has 0 radical (unpaired) electrons. The minimum atomic E-state index is -0.518. The molecule has 1 heterocycles. The smallest absolute Gasteiger partial charge is 0.170 e. The monoisotopic (exact) mass is 170 g/mol. The Kier molecular flexibility index (Phi) is 1.93. The highest BCUT2D eigenvalue weighted by molar-refractivity contribution is 5.95. The van der Waals surface area contributed by atoms with Gasteiger partial charge in [0.05, 0.1) is 0 Å². The standard InChI is InChI=1S/C9H14O3/c1-2-11-8-6-7(10)9(8)4-3-5-12-9/h8H,2-6H2,1H3/t8-,9+/m0/s1. The zero-order valence-electron chi connectivity index (χ0n) is 7.34. The third-order valence-electron chi connectivity index (χ3n) is 2.78. The zero-order chi connectivity index (χ0) is 8.60. The minimum absolute atomic E-state index is 0.0394. The molecule has 2 fully saturated rings. The molecule has 3 heteroatoms. The summed E-state index contributed by atoms with van der Waals surface area (Å²) in [6, 6.07) is 0. The summed E-state index contributed by atoms with van der Waals surface area (Å²) in [7, 11) is 0. The van der Waals surface area contributed by atoms with Crippen LogP contribution in [0.2, 0.25) is 0 Å². The van der Waals surface area contributed by atoms with Crippen molar-refractivity contribution in [1.29, 1.82) is 0 Å². The average molecular weight is 170 g/mol. The predicted molar refractivity (Wildman–Crippen MR) is 43.0 cm³/mol. The number of ketones is 1. The lowest BCUT2D eigenvalue weighted by Crippen LogP contribution is -2.61. The molecule has 0 amide bonds. The van der Waals surface area contributed by atoms with Gasteiger partial charge in [0, 0.05) is 19.6 Å². The van der Waals surface area contributed by atoms with Gasteiger partial charge in [-0.25, -0.2) is 0 Å². The Morgan fingerprint density at radius 3 is 3.08 bits per heavy atom. The van der Waals surface area contributed by atoms with Crippen LogP contribution in [0.15, 0.2) is 0 Å². The summed E-state index contributed by atoms with van der Waals surface area (Å²) in [5.41, 5.74) is -0.518. The van der Waals surface area contributed by atoms with Crippen LogP contribution in [0.4, 0.5) is 0 Å². The SMILES string of the molecule is CCO[C@H]1CC(=O)[C@]12CCCO2. The highest BCUT2D eigenvalue weighted by Crippen LogP contribution is 2.42. The molecule has 12 heavy (non-hydrogen) atoms. The average Bonchev–Trinajstić information content (AvgIpc) is 2.55. The van der Waals surface area contributed by atoms with E-state index in [4.69, 9.17) is 9.47 Å². The number of hydrogen-bond acceptors (Lipinski definition) is 3. The van der Waals surface area contributed by atoms with Gasteiger partial charge < -0.3 is 9.47 Å². The molecule has 0 aromatic rings. The van der Waals surface area contributed by atoms with E-state index in [1.807, 2.05) is 6.92 Å². The van der Waals surface area contributed by atoms with Gasteiger partial charge in [-0.05, 0) is 19.8 Å². The van der Waals surface area contributed by atoms with E-state index in [1.54, 1.807) is 0 Å². The first kappa shape index (κ1) is 8.20. The fourth-order valence-corrected chi connectivity index (χ4v) is 2.08. The van der Waals surface area contributed by atoms with Crippen molar-refractivity contribution >= 4 is 5.78 Å². The molecule has 1 aliphatic heterocycles. The number of hydrogen-bond donors (Lipinski definition) is 0. The molecule has 1 aliphatic carbocycles. The topological polar surface area (TPSA) is 35.5 Å². The fraction of sp³-hybridized carbons (Fsp3) is 0.889. The lowest BCUT2D eigenvalue weighted by molar-refractivity contribution is -0.187. The second kappa shape index (κ2) is 2.82. The Morgan fingerprint density at radius 2 is 2.58 bits per heavy atom. The Labute approximate surface area is 72.0 Å². The summed E-state index contributed by atoms with van der Waals surface area (Å²) >= 11 is 0. The lowest BCUT2D eigenvalue weighted by Gasteiger charge is -2.43. The molecule has 1 spiro atoms. The Hall–Kier alpha value is -0.410. The number of Topliss-reactive ketones (excluding diaryl/α,β-unsaturated/α-hetero) is 1. The van der Waals surface area contributed by atoms with E-state index in [9.17, 15) is 4.79 Å². The Bertz CT molecular complexity index is 194. The van der Waals surface area contributed by atoms with Crippen molar-refractivity contribution in [3.8, 4) is 0 Å². The molecule has 68 valence electrons. The van der Waals surface area contributed by atoms with Gasteiger partial charge in [0.2, 0.25) is 0 Å². The fourth-order valence-electron chi connectivity index (χ4n) is 2.08. The molecule has 3 nitrogen and oxygen atoms in total. The molecule has 2 rings (SSSR count). The van der Waals surface area contributed by atoms with E-state index in [1.165, 1.54) is 0 Å². The van der Waals surface area contributed by atoms with Gasteiger partial charge in [-0.2, -0.15) is 0 Å². The molecule has 2 aliphatic rings. The zero-order valence-corrected chi connectivity index (χ0v) is 7.34. The van der Waals surface area contributed by atoms with Crippen LogP contribution in [-0.4, -0.2) is 30.7 Å². The molecule has 1 saturated heterocycles. The van der Waals surface area contributed by atoms with Crippen LogP contribution in [0, 0.1) is 0 Å². The minimum Gasteiger partial charge on any atom is -0.375 e. The lowest BCUT2D eigenvalue weighted by atomic mass is 9.73. The van der Waals surface area contributed by atoms with Crippen LogP contribution in [0.25, 0.3) is 0 Å². The van der Waals surface area contributed by atoms with E-state index in [0.717, 1.165) is 19.4 Å². The summed E-state index contributed by atoms with van der Waals surface area (Å²) < 4.78 is 10.9. The van der Waals surface area contributed by atoms with Crippen molar-refractivity contribution in [2.75, 3.05) is 13.2 Å². The molecule has 0 aromatic carbocycles. The molecule has 2 atom stereocenters. The molecule has 0 aromatic heterocycles. The van der Waals surface area contributed by atoms with Crippen LogP contribution in [0.3, 0.4) is 0 Å². The number of carbonyl (C=O) groups excluding carboxylic acids is 1. The van der Waals surface area contributed by atoms with Crippen molar-refractivity contribution in [1.82, 2.24) is 0 Å². The van der Waals surface area contributed by atoms with Crippen molar-refractivity contribution in [2.45, 2.75) is 37.9 Å². The highest BCUT2D eigenvalue weighted by atomic mass is 16.6. The summed E-state index contributed by atoms with van der Waals surface area (Å²) in [5, 5.41) is 0. The molecule has 0 N–H and O–H groups in total. The molecular weight excluding hydrogens is 156 g/mol. The normalized spacial score (nSPS) is 40.4. The summed E-state index contributed by atoms with van der Waals surface area (Å²) in [6.07, 6.45) is 2.44. The number of carbonyl (C=O) groups is 1. The van der Waals surface area contributed by atoms with Crippen LogP contribution >= 0.6 is 0 Å². The maximum absolute atomic E-state index is 11.3. The molecular formula is C9H14O3. The van der Waals surface area contributed by atoms with E-state index < -0.39 is 5.60 Å². The van der Waals surface area contributed by atoms with E-state index >= 15 is 0 Å². The quantitative estimate of drug-likeness (QED) is 0.618. The van der Waals surface area contributed by atoms with Gasteiger partial charge >= 0.3 is 0 Å². The summed E-state index contributed by atoms with van der Waals surface area (Å²) in [4.78, 5) is 11.3. The summed E-state index contributed by atoms with van der Waals surface area (Å²) in [5.74, 6) is 0.235. The first-order chi connectivity index (χ1) is 5.79. The highest BCUT2D eigenvalue weighted by Gasteiger charge is 2.58. The van der Waals surface area contributed by atoms with Gasteiger partial charge in [0.15, 0.2) is 11.4 Å². The van der Waals surface area contributed by atoms with Gasteiger partial charge in [-0.3, -0.25) is 4.79 Å². The third-order valence-corrected chi connectivity index (χ3v) is 2.78. The summed E-state index contributed by atoms with van der Waals surface area (Å²) in [6.45, 7) is 3.34. The first-order valence-electron chi connectivity index (χ1n) is 4.58.